The van der Waals surface area contributed by atoms with Gasteiger partial charge in [0, 0.05) is 33.9 Å². The summed E-state index contributed by atoms with van der Waals surface area (Å²) < 4.78 is 29.1. The van der Waals surface area contributed by atoms with Crippen molar-refractivity contribution in [1.29, 1.82) is 0 Å². The number of hydrogen-bond donors (Lipinski definition) is 2. The van der Waals surface area contributed by atoms with Crippen LogP contribution in [0.15, 0.2) is 35.1 Å². The predicted octanol–water partition coefficient (Wildman–Crippen LogP) is 2.59. The number of carbonyl (C=O) groups excluding carboxylic acids is 1. The van der Waals surface area contributed by atoms with E-state index < -0.39 is 23.0 Å². The lowest BCUT2D eigenvalue weighted by Crippen LogP contribution is -2.76. The van der Waals surface area contributed by atoms with Gasteiger partial charge in [0.05, 0.1) is 7.11 Å². The Labute approximate surface area is 137 Å². The zero-order valence-electron chi connectivity index (χ0n) is 11.9. The summed E-state index contributed by atoms with van der Waals surface area (Å²) in [5, 5.41) is 0.476. The lowest BCUT2D eigenvalue weighted by atomic mass is 10.0. The van der Waals surface area contributed by atoms with Gasteiger partial charge in [0.1, 0.15) is 17.0 Å². The summed E-state index contributed by atoms with van der Waals surface area (Å²) in [7, 11) is 1.34. The van der Waals surface area contributed by atoms with Crippen molar-refractivity contribution in [2.75, 3.05) is 7.11 Å². The molecule has 0 spiro atoms. The molecule has 8 heteroatoms. The molecular weight excluding hydrogens is 372 g/mol. The number of halogens is 3. The van der Waals surface area contributed by atoms with Gasteiger partial charge in [-0.1, -0.05) is 0 Å². The van der Waals surface area contributed by atoms with Gasteiger partial charge >= 0.3 is 0 Å². The van der Waals surface area contributed by atoms with Crippen LogP contribution < -0.4 is 5.48 Å². The summed E-state index contributed by atoms with van der Waals surface area (Å²) in [6, 6.07) is 3.90. The quantitative estimate of drug-likeness (QED) is 0.413. The number of nitrogens with zero attached hydrogens (tertiary/aromatic N) is 1. The van der Waals surface area contributed by atoms with Crippen molar-refractivity contribution in [3.05, 3.63) is 57.8 Å². The first-order chi connectivity index (χ1) is 11.0. The van der Waals surface area contributed by atoms with Crippen molar-refractivity contribution < 1.29 is 23.9 Å². The Balaban J connectivity index is 2.16. The number of benzene rings is 1. The number of carbonyl (C=O) groups is 1. The van der Waals surface area contributed by atoms with Crippen LogP contribution in [0.4, 0.5) is 14.5 Å². The molecule has 0 aliphatic rings. The van der Waals surface area contributed by atoms with Crippen LogP contribution in [0.1, 0.15) is 15.9 Å². The topological polar surface area (TPSA) is 71.6 Å². The van der Waals surface area contributed by atoms with E-state index >= 15 is 0 Å². The van der Waals surface area contributed by atoms with E-state index in [1.165, 1.54) is 19.4 Å². The summed E-state index contributed by atoms with van der Waals surface area (Å²) in [5.74, 6) is -2.66. The molecule has 3 aromatic rings. The number of ketones is 1. The standard InChI is InChI=1S/C15H10BrF2N3O2/c1-23-21-11-3-2-10(17)12(13(11)18)14(22)9-6-20-15-8(9)4-7(16)5-19-15/h2-6,21H,1H3,(H,19,20)/p+1. The fraction of sp³-hybridized carbons (Fsp3) is 0.0667. The molecule has 0 bridgehead atoms. The summed E-state index contributed by atoms with van der Waals surface area (Å²) in [6.07, 6.45) is 2.94. The third-order valence-corrected chi connectivity index (χ3v) is 3.77. The average Bonchev–Trinajstić information content (AvgIpc) is 2.93. The fourth-order valence-corrected chi connectivity index (χ4v) is 2.63. The third kappa shape index (κ3) is 2.76. The van der Waals surface area contributed by atoms with Crippen LogP contribution >= 0.6 is 15.9 Å². The maximum Gasteiger partial charge on any atom is 0.201 e. The number of aromatic nitrogens is 2. The highest BCUT2D eigenvalue weighted by Crippen LogP contribution is 2.26. The maximum atomic E-state index is 14.4. The third-order valence-electron chi connectivity index (χ3n) is 3.34. The maximum absolute atomic E-state index is 14.4. The molecule has 118 valence electrons. The number of fused-ring (bicyclic) bond motifs is 1. The Morgan fingerprint density at radius 2 is 2.17 bits per heavy atom. The molecule has 3 rings (SSSR count). The zero-order valence-corrected chi connectivity index (χ0v) is 13.4. The molecular formula is C15H11BrF2N3O2+. The molecule has 5 nitrogen and oxygen atoms in total. The van der Waals surface area contributed by atoms with E-state index in [4.69, 9.17) is 4.84 Å². The Morgan fingerprint density at radius 3 is 2.91 bits per heavy atom. The molecule has 0 aliphatic carbocycles. The van der Waals surface area contributed by atoms with Gasteiger partial charge in [-0.2, -0.15) is 9.87 Å². The number of nitrogens with two attached hydrogens (primary N) is 1. The number of nitrogens with one attached hydrogen (secondary N) is 1. The highest BCUT2D eigenvalue weighted by atomic mass is 79.9. The molecule has 2 aromatic heterocycles. The van der Waals surface area contributed by atoms with E-state index in [2.05, 4.69) is 25.9 Å². The van der Waals surface area contributed by atoms with Crippen molar-refractivity contribution in [3.63, 3.8) is 0 Å². The number of aromatic amines is 1. The van der Waals surface area contributed by atoms with Crippen LogP contribution in [0.5, 0.6) is 0 Å². The molecule has 0 radical (unpaired) electrons. The van der Waals surface area contributed by atoms with Gasteiger partial charge in [0.25, 0.3) is 0 Å². The molecule has 0 unspecified atom stereocenters. The second-order valence-corrected chi connectivity index (χ2v) is 5.68. The SMILES string of the molecule is CO[NH2+]c1ccc(F)c(C(=O)c2c[nH]c3ncc(Br)cc23)c1F. The van der Waals surface area contributed by atoms with E-state index in [0.29, 0.717) is 15.5 Å². The van der Waals surface area contributed by atoms with E-state index in [-0.39, 0.29) is 11.3 Å². The van der Waals surface area contributed by atoms with Gasteiger partial charge in [-0.25, -0.2) is 14.2 Å². The van der Waals surface area contributed by atoms with Crippen LogP contribution in [0, 0.1) is 11.6 Å². The molecule has 3 N–H and O–H groups in total. The van der Waals surface area contributed by atoms with Crippen LogP contribution in [0.3, 0.4) is 0 Å². The summed E-state index contributed by atoms with van der Waals surface area (Å²) in [5.41, 5.74) is 1.07. The predicted molar refractivity (Wildman–Crippen MR) is 82.2 cm³/mol. The van der Waals surface area contributed by atoms with Gasteiger partial charge in [-0.15, -0.1) is 0 Å². The first-order valence-corrected chi connectivity index (χ1v) is 7.33. The highest BCUT2D eigenvalue weighted by Gasteiger charge is 2.26. The second kappa shape index (κ2) is 6.15. The number of quaternary nitrogens is 1. The monoisotopic (exact) mass is 382 g/mol. The van der Waals surface area contributed by atoms with Gasteiger partial charge in [0.15, 0.2) is 5.69 Å². The minimum Gasteiger partial charge on any atom is -0.345 e. The molecule has 0 fully saturated rings. The van der Waals surface area contributed by atoms with E-state index in [9.17, 15) is 13.6 Å². The second-order valence-electron chi connectivity index (χ2n) is 4.76. The van der Waals surface area contributed by atoms with Crippen molar-refractivity contribution in [2.24, 2.45) is 0 Å². The molecule has 0 atom stereocenters. The number of H-pyrrole nitrogens is 1. The normalized spacial score (nSPS) is 11.1. The lowest BCUT2D eigenvalue weighted by Gasteiger charge is -2.06. The molecule has 0 saturated heterocycles. The Kier molecular flexibility index (Phi) is 4.20. The van der Waals surface area contributed by atoms with Gasteiger partial charge < -0.3 is 4.98 Å². The average molecular weight is 383 g/mol. The van der Waals surface area contributed by atoms with Crippen LogP contribution in [-0.2, 0) is 4.84 Å². The zero-order chi connectivity index (χ0) is 16.6. The largest absolute Gasteiger partial charge is 0.345 e. The lowest BCUT2D eigenvalue weighted by molar-refractivity contribution is -0.831. The summed E-state index contributed by atoms with van der Waals surface area (Å²) in [6.45, 7) is 0. The number of pyridine rings is 1. The van der Waals surface area contributed by atoms with Crippen molar-refractivity contribution in [3.8, 4) is 0 Å². The molecule has 0 aliphatic heterocycles. The molecule has 23 heavy (non-hydrogen) atoms. The Bertz CT molecular complexity index is 911. The molecule has 2 heterocycles. The number of rotatable bonds is 4. The summed E-state index contributed by atoms with van der Waals surface area (Å²) >= 11 is 3.26. The van der Waals surface area contributed by atoms with Gasteiger partial charge in [0.2, 0.25) is 11.6 Å². The summed E-state index contributed by atoms with van der Waals surface area (Å²) in [4.78, 5) is 24.3. The van der Waals surface area contributed by atoms with Crippen molar-refractivity contribution >= 4 is 38.4 Å². The first kappa shape index (κ1) is 15.7. The van der Waals surface area contributed by atoms with Gasteiger partial charge in [-0.05, 0) is 28.1 Å². The first-order valence-electron chi connectivity index (χ1n) is 6.54. The van der Waals surface area contributed by atoms with Crippen LogP contribution in [0.25, 0.3) is 11.0 Å². The number of hydrogen-bond acceptors (Lipinski definition) is 3. The van der Waals surface area contributed by atoms with E-state index in [1.807, 2.05) is 0 Å². The van der Waals surface area contributed by atoms with E-state index in [0.717, 1.165) is 11.5 Å². The molecule has 0 saturated carbocycles. The highest BCUT2D eigenvalue weighted by molar-refractivity contribution is 9.10. The minimum absolute atomic E-state index is 0.00334. The van der Waals surface area contributed by atoms with Crippen LogP contribution in [-0.4, -0.2) is 22.9 Å². The Hall–Kier alpha value is -2.16. The van der Waals surface area contributed by atoms with E-state index in [1.54, 1.807) is 12.3 Å². The fourth-order valence-electron chi connectivity index (χ4n) is 2.30. The smallest absolute Gasteiger partial charge is 0.201 e. The van der Waals surface area contributed by atoms with Crippen molar-refractivity contribution in [1.82, 2.24) is 9.97 Å². The van der Waals surface area contributed by atoms with Gasteiger partial charge in [-0.3, -0.25) is 4.79 Å². The van der Waals surface area contributed by atoms with Crippen molar-refractivity contribution in [2.45, 2.75) is 0 Å². The molecule has 1 aromatic carbocycles. The molecule has 0 amide bonds. The minimum atomic E-state index is -0.964. The van der Waals surface area contributed by atoms with Crippen LogP contribution in [0.2, 0.25) is 0 Å². The Morgan fingerprint density at radius 1 is 1.39 bits per heavy atom.